The lowest BCUT2D eigenvalue weighted by Crippen LogP contribution is -2.38. The number of nitrogens with two attached hydrogens (primary N) is 1. The highest BCUT2D eigenvalue weighted by Gasteiger charge is 2.26. The van der Waals surface area contributed by atoms with Crippen molar-refractivity contribution in [3.05, 3.63) is 126 Å². The Morgan fingerprint density at radius 3 is 2.64 bits per heavy atom. The highest BCUT2D eigenvalue weighted by molar-refractivity contribution is 6.05. The number of amidine groups is 1. The van der Waals surface area contributed by atoms with Gasteiger partial charge >= 0.3 is 0 Å². The average Bonchev–Trinajstić information content (AvgIpc) is 3.10. The van der Waals surface area contributed by atoms with E-state index in [1.54, 1.807) is 0 Å². The molecule has 0 saturated carbocycles. The molecule has 36 heavy (non-hydrogen) atoms. The van der Waals surface area contributed by atoms with E-state index < -0.39 is 0 Å². The second kappa shape index (κ2) is 10.5. The van der Waals surface area contributed by atoms with Crippen molar-refractivity contribution < 1.29 is 0 Å². The molecule has 1 aliphatic heterocycles. The standard InChI is InChI=1S/C33H31N3/c1-24-14-6-2-11-19-27-20-12-5-13-21-32(27)36(24)33(35)30-22-28(25-15-7-3-8-16-25)29(23-31(30)34)26-17-9-4-10-18-26/h2-9,11,13-17,22-24,35H,12,19-21,34H2,1H3/b11-2-,14-6-,35-33?. The molecule has 2 aliphatic rings. The molecule has 3 aromatic rings. The van der Waals surface area contributed by atoms with Gasteiger partial charge in [-0.1, -0.05) is 85.0 Å². The Balaban J connectivity index is 1.67. The van der Waals surface area contributed by atoms with Crippen molar-refractivity contribution >= 4 is 11.5 Å². The van der Waals surface area contributed by atoms with E-state index in [4.69, 9.17) is 5.73 Å². The second-order valence-corrected chi connectivity index (χ2v) is 9.30. The van der Waals surface area contributed by atoms with Gasteiger partial charge in [-0.2, -0.15) is 0 Å². The van der Waals surface area contributed by atoms with Crippen LogP contribution in [0, 0.1) is 17.5 Å². The third-order valence-electron chi connectivity index (χ3n) is 6.91. The molecule has 3 N–H and O–H groups in total. The van der Waals surface area contributed by atoms with E-state index in [0.29, 0.717) is 11.5 Å². The summed E-state index contributed by atoms with van der Waals surface area (Å²) in [5.41, 5.74) is 14.7. The van der Waals surface area contributed by atoms with Crippen molar-refractivity contribution in [1.29, 1.82) is 5.41 Å². The van der Waals surface area contributed by atoms with Gasteiger partial charge in [-0.25, -0.2) is 0 Å². The number of nitrogen functional groups attached to an aromatic ring is 1. The third kappa shape index (κ3) is 4.76. The topological polar surface area (TPSA) is 53.1 Å². The van der Waals surface area contributed by atoms with Gasteiger partial charge in [0.15, 0.2) is 0 Å². The van der Waals surface area contributed by atoms with E-state index in [9.17, 15) is 5.41 Å². The molecular formula is C33H31N3. The summed E-state index contributed by atoms with van der Waals surface area (Å²) in [6.07, 6.45) is 16.9. The smallest absolute Gasteiger partial charge is 0.134 e. The van der Waals surface area contributed by atoms with Gasteiger partial charge in [-0.3, -0.25) is 5.41 Å². The maximum Gasteiger partial charge on any atom is 0.134 e. The normalized spacial score (nSPS) is 19.2. The SMILES string of the molecule is CC1/C=C\C=C/CC2=C(CC=CCC2)N1C(=N)c1cc(-c2ccccc2)c(-c2c#cccc2)cc1N. The molecule has 1 atom stereocenters. The summed E-state index contributed by atoms with van der Waals surface area (Å²) in [6, 6.07) is 26.5. The van der Waals surface area contributed by atoms with Gasteiger partial charge in [0.1, 0.15) is 5.84 Å². The zero-order valence-corrected chi connectivity index (χ0v) is 20.7. The minimum Gasteiger partial charge on any atom is -0.398 e. The summed E-state index contributed by atoms with van der Waals surface area (Å²) in [4.78, 5) is 2.18. The van der Waals surface area contributed by atoms with Gasteiger partial charge in [-0.15, -0.1) is 0 Å². The van der Waals surface area contributed by atoms with Gasteiger partial charge < -0.3 is 10.6 Å². The third-order valence-corrected chi connectivity index (χ3v) is 6.91. The fraction of sp³-hybridized carbons (Fsp3) is 0.182. The Labute approximate surface area is 214 Å². The molecule has 178 valence electrons. The Morgan fingerprint density at radius 1 is 0.972 bits per heavy atom. The number of rotatable bonds is 3. The fourth-order valence-electron chi connectivity index (χ4n) is 5.07. The zero-order valence-electron chi connectivity index (χ0n) is 20.7. The van der Waals surface area contributed by atoms with Crippen molar-refractivity contribution in [1.82, 2.24) is 4.90 Å². The van der Waals surface area contributed by atoms with Gasteiger partial charge in [0.2, 0.25) is 0 Å². The van der Waals surface area contributed by atoms with E-state index >= 15 is 0 Å². The van der Waals surface area contributed by atoms with Crippen molar-refractivity contribution in [3.8, 4) is 22.3 Å². The largest absolute Gasteiger partial charge is 0.398 e. The fourth-order valence-corrected chi connectivity index (χ4v) is 5.07. The minimum atomic E-state index is 0.0214. The highest BCUT2D eigenvalue weighted by Crippen LogP contribution is 2.37. The van der Waals surface area contributed by atoms with Crippen molar-refractivity contribution in [2.45, 2.75) is 38.6 Å². The molecule has 0 bridgehead atoms. The molecule has 3 heteroatoms. The molecule has 3 aromatic carbocycles. The number of allylic oxidation sites excluding steroid dienone is 6. The van der Waals surface area contributed by atoms with Crippen molar-refractivity contribution in [2.75, 3.05) is 5.73 Å². The van der Waals surface area contributed by atoms with Crippen LogP contribution in [0.15, 0.2) is 108 Å². The highest BCUT2D eigenvalue weighted by atomic mass is 15.2. The summed E-state index contributed by atoms with van der Waals surface area (Å²) in [7, 11) is 0. The first-order valence-electron chi connectivity index (χ1n) is 12.6. The van der Waals surface area contributed by atoms with Gasteiger partial charge in [0.25, 0.3) is 0 Å². The Kier molecular flexibility index (Phi) is 6.87. The summed E-state index contributed by atoms with van der Waals surface area (Å²) >= 11 is 0. The quantitative estimate of drug-likeness (QED) is 0.178. The van der Waals surface area contributed by atoms with E-state index in [-0.39, 0.29) is 6.04 Å². The average molecular weight is 470 g/mol. The molecule has 1 heterocycles. The maximum absolute atomic E-state index is 9.48. The van der Waals surface area contributed by atoms with Gasteiger partial charge in [0, 0.05) is 34.5 Å². The van der Waals surface area contributed by atoms with Gasteiger partial charge in [0.05, 0.1) is 6.04 Å². The predicted molar refractivity (Wildman–Crippen MR) is 150 cm³/mol. The number of nitrogens with one attached hydrogen (secondary N) is 1. The molecule has 0 saturated heterocycles. The molecule has 0 spiro atoms. The van der Waals surface area contributed by atoms with Crippen LogP contribution in [0.5, 0.6) is 0 Å². The monoisotopic (exact) mass is 469 g/mol. The van der Waals surface area contributed by atoms with E-state index in [0.717, 1.165) is 53.5 Å². The van der Waals surface area contributed by atoms with Crippen LogP contribution in [0.1, 0.15) is 38.2 Å². The van der Waals surface area contributed by atoms with Crippen LogP contribution >= 0.6 is 0 Å². The number of nitrogens with zero attached hydrogens (tertiary/aromatic N) is 1. The summed E-state index contributed by atoms with van der Waals surface area (Å²) in [5, 5.41) is 9.48. The maximum atomic E-state index is 9.48. The Hall–Kier alpha value is -4.29. The van der Waals surface area contributed by atoms with Crippen LogP contribution < -0.4 is 5.73 Å². The predicted octanol–water partition coefficient (Wildman–Crippen LogP) is 7.73. The van der Waals surface area contributed by atoms with Crippen LogP contribution in [-0.4, -0.2) is 16.8 Å². The molecule has 1 aliphatic carbocycles. The lowest BCUT2D eigenvalue weighted by molar-refractivity contribution is 0.443. The first-order valence-corrected chi connectivity index (χ1v) is 12.6. The van der Waals surface area contributed by atoms with Crippen LogP contribution in [-0.2, 0) is 0 Å². The first kappa shape index (κ1) is 23.5. The number of benzene rings is 2. The molecule has 0 fully saturated rings. The number of hydrogen-bond donors (Lipinski definition) is 2. The van der Waals surface area contributed by atoms with Crippen LogP contribution in [0.25, 0.3) is 22.3 Å². The second-order valence-electron chi connectivity index (χ2n) is 9.30. The van der Waals surface area contributed by atoms with E-state index in [2.05, 4.69) is 78.6 Å². The first-order chi connectivity index (χ1) is 17.6. The van der Waals surface area contributed by atoms with Crippen molar-refractivity contribution in [3.63, 3.8) is 0 Å². The summed E-state index contributed by atoms with van der Waals surface area (Å²) in [6.45, 7) is 2.15. The van der Waals surface area contributed by atoms with Crippen LogP contribution in [0.2, 0.25) is 0 Å². The summed E-state index contributed by atoms with van der Waals surface area (Å²) < 4.78 is 0. The molecular weight excluding hydrogens is 438 g/mol. The Bertz CT molecular complexity index is 1360. The van der Waals surface area contributed by atoms with Crippen molar-refractivity contribution in [2.24, 2.45) is 0 Å². The number of hydrogen-bond acceptors (Lipinski definition) is 2. The van der Waals surface area contributed by atoms with Crippen LogP contribution in [0.4, 0.5) is 5.69 Å². The summed E-state index contributed by atoms with van der Waals surface area (Å²) in [5.74, 6) is 0.432. The molecule has 0 radical (unpaired) electrons. The molecule has 1 unspecified atom stereocenters. The van der Waals surface area contributed by atoms with Gasteiger partial charge in [-0.05, 0) is 67.2 Å². The zero-order chi connectivity index (χ0) is 24.9. The molecule has 0 amide bonds. The molecule has 5 rings (SSSR count). The molecule has 3 nitrogen and oxygen atoms in total. The Morgan fingerprint density at radius 2 is 1.83 bits per heavy atom. The van der Waals surface area contributed by atoms with Crippen LogP contribution in [0.3, 0.4) is 0 Å². The number of anilines is 1. The van der Waals surface area contributed by atoms with E-state index in [1.165, 1.54) is 11.3 Å². The molecule has 0 aromatic heterocycles. The van der Waals surface area contributed by atoms with E-state index in [1.807, 2.05) is 42.5 Å². The lowest BCUT2D eigenvalue weighted by Gasteiger charge is -2.34. The lowest BCUT2D eigenvalue weighted by atomic mass is 9.91. The minimum absolute atomic E-state index is 0.0214.